The van der Waals surface area contributed by atoms with E-state index in [-0.39, 0.29) is 0 Å². The van der Waals surface area contributed by atoms with Crippen molar-refractivity contribution < 1.29 is 0 Å². The van der Waals surface area contributed by atoms with Crippen LogP contribution in [-0.4, -0.2) is 59.6 Å². The molecule has 20 heavy (non-hydrogen) atoms. The third kappa shape index (κ3) is 2.77. The van der Waals surface area contributed by atoms with E-state index in [1.54, 1.807) is 0 Å². The Morgan fingerprint density at radius 1 is 1.15 bits per heavy atom. The molecule has 3 aliphatic heterocycles. The topological polar surface area (TPSA) is 18.5 Å². The first-order valence-electron chi connectivity index (χ1n) is 8.90. The normalized spacial score (nSPS) is 43.6. The van der Waals surface area contributed by atoms with Gasteiger partial charge in [0.2, 0.25) is 0 Å². The molecule has 0 bridgehead atoms. The largest absolute Gasteiger partial charge is 0.309 e. The Labute approximate surface area is 125 Å². The fraction of sp³-hybridized carbons (Fsp3) is 1.00. The molecule has 3 heteroatoms. The number of hydrogen-bond acceptors (Lipinski definition) is 3. The van der Waals surface area contributed by atoms with Crippen LogP contribution < -0.4 is 5.32 Å². The second-order valence-electron chi connectivity index (χ2n) is 7.54. The minimum atomic E-state index is 0.332. The minimum absolute atomic E-state index is 0.332. The molecule has 1 N–H and O–H groups in total. The monoisotopic (exact) mass is 279 g/mol. The van der Waals surface area contributed by atoms with Gasteiger partial charge in [-0.1, -0.05) is 13.8 Å². The van der Waals surface area contributed by atoms with Crippen LogP contribution in [0, 0.1) is 0 Å². The smallest absolute Gasteiger partial charge is 0.0278 e. The van der Waals surface area contributed by atoms with Crippen LogP contribution in [0.3, 0.4) is 0 Å². The van der Waals surface area contributed by atoms with E-state index in [2.05, 4.69) is 35.9 Å². The van der Waals surface area contributed by atoms with Crippen molar-refractivity contribution in [1.82, 2.24) is 15.1 Å². The van der Waals surface area contributed by atoms with E-state index in [0.29, 0.717) is 5.54 Å². The number of piperidine rings is 1. The zero-order valence-electron chi connectivity index (χ0n) is 13.7. The molecule has 4 unspecified atom stereocenters. The molecule has 0 aliphatic carbocycles. The summed E-state index contributed by atoms with van der Waals surface area (Å²) in [7, 11) is 0. The molecule has 3 saturated heterocycles. The van der Waals surface area contributed by atoms with Crippen molar-refractivity contribution in [2.45, 2.75) is 83.0 Å². The summed E-state index contributed by atoms with van der Waals surface area (Å²) < 4.78 is 0. The van der Waals surface area contributed by atoms with Gasteiger partial charge in [-0.3, -0.25) is 4.90 Å². The average Bonchev–Trinajstić information content (AvgIpc) is 2.94. The van der Waals surface area contributed by atoms with E-state index in [0.717, 1.165) is 18.1 Å². The number of hydrogen-bond donors (Lipinski definition) is 1. The van der Waals surface area contributed by atoms with Gasteiger partial charge in [-0.05, 0) is 58.5 Å². The Hall–Kier alpha value is -0.120. The molecular weight excluding hydrogens is 246 g/mol. The molecule has 3 aliphatic rings. The highest BCUT2D eigenvalue weighted by Gasteiger charge is 2.40. The van der Waals surface area contributed by atoms with Crippen molar-refractivity contribution in [1.29, 1.82) is 0 Å². The van der Waals surface area contributed by atoms with Crippen LogP contribution in [0.1, 0.15) is 59.3 Å². The molecule has 3 nitrogen and oxygen atoms in total. The van der Waals surface area contributed by atoms with Crippen LogP contribution in [0.4, 0.5) is 0 Å². The predicted octanol–water partition coefficient (Wildman–Crippen LogP) is 2.47. The summed E-state index contributed by atoms with van der Waals surface area (Å²) in [4.78, 5) is 5.63. The maximum absolute atomic E-state index is 3.81. The lowest BCUT2D eigenvalue weighted by Crippen LogP contribution is -2.65. The SMILES string of the molecule is CCC1CNC(C)(CC)CN1C1CCN2CCCC2C1. The Morgan fingerprint density at radius 2 is 2.00 bits per heavy atom. The number of piperazine rings is 1. The van der Waals surface area contributed by atoms with E-state index < -0.39 is 0 Å². The molecule has 116 valence electrons. The molecule has 0 spiro atoms. The summed E-state index contributed by atoms with van der Waals surface area (Å²) in [6.07, 6.45) is 8.23. The Balaban J connectivity index is 1.69. The van der Waals surface area contributed by atoms with E-state index in [9.17, 15) is 0 Å². The molecule has 0 aromatic rings. The lowest BCUT2D eigenvalue weighted by Gasteiger charge is -2.51. The first kappa shape index (κ1) is 14.8. The number of rotatable bonds is 3. The zero-order chi connectivity index (χ0) is 14.2. The van der Waals surface area contributed by atoms with Crippen LogP contribution >= 0.6 is 0 Å². The van der Waals surface area contributed by atoms with Crippen LogP contribution in [0.15, 0.2) is 0 Å². The molecule has 0 amide bonds. The van der Waals surface area contributed by atoms with Crippen LogP contribution in [0.2, 0.25) is 0 Å². The van der Waals surface area contributed by atoms with Gasteiger partial charge < -0.3 is 10.2 Å². The van der Waals surface area contributed by atoms with Crippen molar-refractivity contribution in [2.24, 2.45) is 0 Å². The van der Waals surface area contributed by atoms with Crippen LogP contribution in [0.5, 0.6) is 0 Å². The molecule has 3 heterocycles. The quantitative estimate of drug-likeness (QED) is 0.856. The number of nitrogens with one attached hydrogen (secondary N) is 1. The van der Waals surface area contributed by atoms with Gasteiger partial charge in [-0.15, -0.1) is 0 Å². The summed E-state index contributed by atoms with van der Waals surface area (Å²) in [5.41, 5.74) is 0.332. The van der Waals surface area contributed by atoms with E-state index in [4.69, 9.17) is 0 Å². The zero-order valence-corrected chi connectivity index (χ0v) is 13.7. The summed E-state index contributed by atoms with van der Waals surface area (Å²) in [5.74, 6) is 0. The van der Waals surface area contributed by atoms with Crippen LogP contribution in [0.25, 0.3) is 0 Å². The van der Waals surface area contributed by atoms with Crippen molar-refractivity contribution >= 4 is 0 Å². The van der Waals surface area contributed by atoms with Gasteiger partial charge in [0.05, 0.1) is 0 Å². The molecule has 3 rings (SSSR count). The fourth-order valence-electron chi connectivity index (χ4n) is 4.62. The van der Waals surface area contributed by atoms with Crippen LogP contribution in [-0.2, 0) is 0 Å². The lowest BCUT2D eigenvalue weighted by atomic mass is 9.88. The molecule has 0 aromatic heterocycles. The molecule has 4 atom stereocenters. The average molecular weight is 279 g/mol. The minimum Gasteiger partial charge on any atom is -0.309 e. The second-order valence-corrected chi connectivity index (χ2v) is 7.54. The van der Waals surface area contributed by atoms with E-state index in [1.165, 1.54) is 64.7 Å². The molecule has 0 saturated carbocycles. The Morgan fingerprint density at radius 3 is 2.75 bits per heavy atom. The highest BCUT2D eigenvalue weighted by atomic mass is 15.3. The van der Waals surface area contributed by atoms with Gasteiger partial charge in [-0.2, -0.15) is 0 Å². The summed E-state index contributed by atoms with van der Waals surface area (Å²) in [6.45, 7) is 12.2. The predicted molar refractivity (Wildman–Crippen MR) is 85.1 cm³/mol. The first-order valence-corrected chi connectivity index (χ1v) is 8.90. The van der Waals surface area contributed by atoms with Gasteiger partial charge in [0, 0.05) is 36.8 Å². The molecule has 0 aromatic carbocycles. The Kier molecular flexibility index (Phi) is 4.40. The standard InChI is InChI=1S/C17H33N3/c1-4-14-12-18-17(3,5-2)13-20(14)16-8-10-19-9-6-7-15(19)11-16/h14-16,18H,4-13H2,1-3H3. The summed E-state index contributed by atoms with van der Waals surface area (Å²) >= 11 is 0. The fourth-order valence-corrected chi connectivity index (χ4v) is 4.62. The van der Waals surface area contributed by atoms with E-state index >= 15 is 0 Å². The van der Waals surface area contributed by atoms with Gasteiger partial charge in [-0.25, -0.2) is 0 Å². The van der Waals surface area contributed by atoms with Crippen molar-refractivity contribution in [3.8, 4) is 0 Å². The summed E-state index contributed by atoms with van der Waals surface area (Å²) in [6, 6.07) is 2.49. The second kappa shape index (κ2) is 5.94. The highest BCUT2D eigenvalue weighted by molar-refractivity contribution is 4.99. The van der Waals surface area contributed by atoms with Gasteiger partial charge >= 0.3 is 0 Å². The van der Waals surface area contributed by atoms with Gasteiger partial charge in [0.15, 0.2) is 0 Å². The molecule has 3 fully saturated rings. The lowest BCUT2D eigenvalue weighted by molar-refractivity contribution is 0.00720. The van der Waals surface area contributed by atoms with Gasteiger partial charge in [0.1, 0.15) is 0 Å². The third-order valence-corrected chi connectivity index (χ3v) is 6.28. The van der Waals surface area contributed by atoms with Crippen molar-refractivity contribution in [2.75, 3.05) is 26.2 Å². The first-order chi connectivity index (χ1) is 9.65. The molecular formula is C17H33N3. The summed E-state index contributed by atoms with van der Waals surface area (Å²) in [5, 5.41) is 3.81. The maximum atomic E-state index is 3.81. The highest BCUT2D eigenvalue weighted by Crippen LogP contribution is 2.32. The van der Waals surface area contributed by atoms with Crippen molar-refractivity contribution in [3.05, 3.63) is 0 Å². The maximum Gasteiger partial charge on any atom is 0.0278 e. The van der Waals surface area contributed by atoms with Gasteiger partial charge in [0.25, 0.3) is 0 Å². The van der Waals surface area contributed by atoms with Crippen molar-refractivity contribution in [3.63, 3.8) is 0 Å². The number of nitrogens with zero attached hydrogens (tertiary/aromatic N) is 2. The molecule has 0 radical (unpaired) electrons. The Bertz CT molecular complexity index is 332. The number of fused-ring (bicyclic) bond motifs is 1. The van der Waals surface area contributed by atoms with E-state index in [1.807, 2.05) is 0 Å². The third-order valence-electron chi connectivity index (χ3n) is 6.28.